The van der Waals surface area contributed by atoms with Crippen LogP contribution in [-0.2, 0) is 0 Å². The topological polar surface area (TPSA) is 36.3 Å². The Balaban J connectivity index is 1.73. The molecule has 0 bridgehead atoms. The van der Waals surface area contributed by atoms with Crippen molar-refractivity contribution in [3.63, 3.8) is 0 Å². The Kier molecular flexibility index (Phi) is 6.51. The van der Waals surface area contributed by atoms with Gasteiger partial charge in [-0.2, -0.15) is 0 Å². The molecule has 0 spiro atoms. The fourth-order valence-electron chi connectivity index (χ4n) is 4.00. The van der Waals surface area contributed by atoms with E-state index in [4.69, 9.17) is 12.2 Å². The molecule has 3 aromatic rings. The second-order valence-electron chi connectivity index (χ2n) is 7.76. The van der Waals surface area contributed by atoms with E-state index in [0.717, 1.165) is 40.5 Å². The molecule has 5 nitrogen and oxygen atoms in total. The first kappa shape index (κ1) is 21.0. The van der Waals surface area contributed by atoms with E-state index in [1.165, 1.54) is 5.69 Å². The lowest BCUT2D eigenvalue weighted by atomic mass is 10.0. The van der Waals surface area contributed by atoms with E-state index in [9.17, 15) is 0 Å². The summed E-state index contributed by atoms with van der Waals surface area (Å²) in [6, 6.07) is 18.8. The van der Waals surface area contributed by atoms with Gasteiger partial charge in [-0.1, -0.05) is 22.0 Å². The first-order valence-electron chi connectivity index (χ1n) is 10.1. The molecule has 0 aliphatic carbocycles. The number of aromatic nitrogens is 2. The average Bonchev–Trinajstić information content (AvgIpc) is 3.34. The van der Waals surface area contributed by atoms with Crippen molar-refractivity contribution in [2.24, 2.45) is 0 Å². The summed E-state index contributed by atoms with van der Waals surface area (Å²) in [6.07, 6.45) is 5.01. The Labute approximate surface area is 191 Å². The lowest BCUT2D eigenvalue weighted by Crippen LogP contribution is -2.32. The third-order valence-corrected chi connectivity index (χ3v) is 6.27. The second-order valence-corrected chi connectivity index (χ2v) is 9.06. The number of thiocarbonyl (C=S) groups is 1. The van der Waals surface area contributed by atoms with Gasteiger partial charge in [-0.15, -0.1) is 0 Å². The molecule has 0 saturated carbocycles. The van der Waals surface area contributed by atoms with Gasteiger partial charge >= 0.3 is 0 Å². The molecule has 0 amide bonds. The molecule has 2 aromatic heterocycles. The van der Waals surface area contributed by atoms with E-state index in [2.05, 4.69) is 103 Å². The van der Waals surface area contributed by atoms with Crippen molar-refractivity contribution in [3.8, 4) is 5.69 Å². The maximum Gasteiger partial charge on any atom is 0.170 e. The molecule has 1 saturated heterocycles. The minimum absolute atomic E-state index is 0.00199. The van der Waals surface area contributed by atoms with Crippen molar-refractivity contribution in [2.75, 3.05) is 27.2 Å². The molecule has 1 N–H and O–H groups in total. The fraction of sp³-hybridized carbons (Fsp3) is 0.304. The van der Waals surface area contributed by atoms with Gasteiger partial charge in [-0.25, -0.2) is 0 Å². The lowest BCUT2D eigenvalue weighted by molar-refractivity contribution is 0.286. The summed E-state index contributed by atoms with van der Waals surface area (Å²) in [7, 11) is 4.21. The van der Waals surface area contributed by atoms with Crippen molar-refractivity contribution in [1.29, 1.82) is 0 Å². The second kappa shape index (κ2) is 9.29. The zero-order chi connectivity index (χ0) is 21.1. The summed E-state index contributed by atoms with van der Waals surface area (Å²) in [4.78, 5) is 9.17. The van der Waals surface area contributed by atoms with Gasteiger partial charge in [-0.05, 0) is 87.8 Å². The predicted molar refractivity (Wildman–Crippen MR) is 129 cm³/mol. The van der Waals surface area contributed by atoms with Crippen LogP contribution in [0.5, 0.6) is 0 Å². The van der Waals surface area contributed by atoms with E-state index < -0.39 is 0 Å². The SMILES string of the molecule is CN(C)CCCN1C(=S)N[C@H](c2ccccn2)[C@H]1c1cccn1-c1ccc(Br)cc1. The van der Waals surface area contributed by atoms with E-state index in [0.29, 0.717) is 0 Å². The van der Waals surface area contributed by atoms with Crippen molar-refractivity contribution in [3.05, 3.63) is 82.9 Å². The Morgan fingerprint density at radius 1 is 1.10 bits per heavy atom. The number of nitrogens with zero attached hydrogens (tertiary/aromatic N) is 4. The normalized spacial score (nSPS) is 18.8. The highest BCUT2D eigenvalue weighted by Gasteiger charge is 2.40. The number of benzene rings is 1. The predicted octanol–water partition coefficient (Wildman–Crippen LogP) is 4.56. The van der Waals surface area contributed by atoms with Gasteiger partial charge in [0.1, 0.15) is 0 Å². The van der Waals surface area contributed by atoms with Crippen molar-refractivity contribution in [2.45, 2.75) is 18.5 Å². The van der Waals surface area contributed by atoms with Crippen LogP contribution in [0.1, 0.15) is 29.9 Å². The third-order valence-electron chi connectivity index (χ3n) is 5.39. The van der Waals surface area contributed by atoms with Crippen LogP contribution < -0.4 is 5.32 Å². The van der Waals surface area contributed by atoms with Crippen LogP contribution in [0.15, 0.2) is 71.5 Å². The Hall–Kier alpha value is -2.22. The van der Waals surface area contributed by atoms with Gasteiger partial charge in [-0.3, -0.25) is 4.98 Å². The summed E-state index contributed by atoms with van der Waals surface area (Å²) in [6.45, 7) is 1.91. The van der Waals surface area contributed by atoms with Crippen LogP contribution in [-0.4, -0.2) is 51.6 Å². The van der Waals surface area contributed by atoms with Gasteiger partial charge in [0.15, 0.2) is 5.11 Å². The molecule has 1 aliphatic rings. The molecule has 0 unspecified atom stereocenters. The van der Waals surface area contributed by atoms with Crippen LogP contribution in [0, 0.1) is 0 Å². The summed E-state index contributed by atoms with van der Waals surface area (Å²) < 4.78 is 3.32. The molecular formula is C23H26BrN5S. The maximum absolute atomic E-state index is 5.78. The van der Waals surface area contributed by atoms with Gasteiger partial charge in [0, 0.05) is 34.8 Å². The largest absolute Gasteiger partial charge is 0.352 e. The highest BCUT2D eigenvalue weighted by atomic mass is 79.9. The molecule has 156 valence electrons. The number of hydrogen-bond donors (Lipinski definition) is 1. The molecule has 1 aromatic carbocycles. The van der Waals surface area contributed by atoms with Crippen LogP contribution in [0.2, 0.25) is 0 Å². The minimum atomic E-state index is 0.00199. The molecule has 7 heteroatoms. The number of rotatable bonds is 7. The summed E-state index contributed by atoms with van der Waals surface area (Å²) in [5.74, 6) is 0. The third kappa shape index (κ3) is 4.43. The number of halogens is 1. The highest BCUT2D eigenvalue weighted by Crippen LogP contribution is 2.39. The zero-order valence-electron chi connectivity index (χ0n) is 17.2. The first-order chi connectivity index (χ1) is 14.5. The average molecular weight is 484 g/mol. The van der Waals surface area contributed by atoms with Crippen molar-refractivity contribution in [1.82, 2.24) is 24.7 Å². The monoisotopic (exact) mass is 483 g/mol. The fourth-order valence-corrected chi connectivity index (χ4v) is 4.59. The number of hydrogen-bond acceptors (Lipinski definition) is 3. The molecule has 2 atom stereocenters. The Morgan fingerprint density at radius 3 is 2.60 bits per heavy atom. The molecule has 3 heterocycles. The molecule has 1 fully saturated rings. The Bertz CT molecular complexity index is 986. The molecule has 30 heavy (non-hydrogen) atoms. The Morgan fingerprint density at radius 2 is 1.90 bits per heavy atom. The molecular weight excluding hydrogens is 458 g/mol. The summed E-state index contributed by atoms with van der Waals surface area (Å²) in [5.41, 5.74) is 3.33. The molecule has 4 rings (SSSR count). The van der Waals surface area contributed by atoms with E-state index in [1.54, 1.807) is 0 Å². The van der Waals surface area contributed by atoms with Gasteiger partial charge < -0.3 is 19.7 Å². The number of pyridine rings is 1. The summed E-state index contributed by atoms with van der Waals surface area (Å²) >= 11 is 9.32. The van der Waals surface area contributed by atoms with Crippen molar-refractivity contribution < 1.29 is 0 Å². The van der Waals surface area contributed by atoms with Gasteiger partial charge in [0.25, 0.3) is 0 Å². The standard InChI is InChI=1S/C23H26BrN5S/c1-27(2)14-6-16-29-22(21(26-23(29)30)19-7-3-4-13-25-19)20-8-5-15-28(20)18-11-9-17(24)10-12-18/h3-5,7-13,15,21-22H,6,14,16H2,1-2H3,(H,26,30)/t21-,22-/m1/s1. The van der Waals surface area contributed by atoms with Crippen molar-refractivity contribution >= 4 is 33.3 Å². The molecule has 1 aliphatic heterocycles. The van der Waals surface area contributed by atoms with Crippen LogP contribution in [0.3, 0.4) is 0 Å². The van der Waals surface area contributed by atoms with E-state index in [1.807, 2.05) is 18.3 Å². The van der Waals surface area contributed by atoms with Gasteiger partial charge in [0.2, 0.25) is 0 Å². The quantitative estimate of drug-likeness (QED) is 0.498. The highest BCUT2D eigenvalue weighted by molar-refractivity contribution is 9.10. The summed E-state index contributed by atoms with van der Waals surface area (Å²) in [5, 5.41) is 4.33. The minimum Gasteiger partial charge on any atom is -0.352 e. The van der Waals surface area contributed by atoms with E-state index in [-0.39, 0.29) is 12.1 Å². The van der Waals surface area contributed by atoms with Crippen LogP contribution >= 0.6 is 28.1 Å². The zero-order valence-corrected chi connectivity index (χ0v) is 19.6. The van der Waals surface area contributed by atoms with Crippen LogP contribution in [0.4, 0.5) is 0 Å². The van der Waals surface area contributed by atoms with Gasteiger partial charge in [0.05, 0.1) is 17.8 Å². The smallest absolute Gasteiger partial charge is 0.170 e. The number of nitrogens with one attached hydrogen (secondary N) is 1. The lowest BCUT2D eigenvalue weighted by Gasteiger charge is -2.29. The van der Waals surface area contributed by atoms with E-state index >= 15 is 0 Å². The molecule has 0 radical (unpaired) electrons. The van der Waals surface area contributed by atoms with Crippen LogP contribution in [0.25, 0.3) is 5.69 Å². The maximum atomic E-state index is 5.78. The first-order valence-corrected chi connectivity index (χ1v) is 11.3.